The van der Waals surface area contributed by atoms with Crippen molar-refractivity contribution in [3.05, 3.63) is 10.6 Å². The first-order valence-corrected chi connectivity index (χ1v) is 3.30. The van der Waals surface area contributed by atoms with Crippen LogP contribution >= 0.6 is 32.2 Å². The van der Waals surface area contributed by atoms with Gasteiger partial charge < -0.3 is 3.83 Å². The standard InChI is InChI=1S/C4H2Br2O3/c5-3(1-2-7)4(8)9-6/h1-2H. The fourth-order valence-electron chi connectivity index (χ4n) is 0.165. The molecule has 0 unspecified atom stereocenters. The molecule has 0 rings (SSSR count). The van der Waals surface area contributed by atoms with Crippen LogP contribution in [0.3, 0.4) is 0 Å². The summed E-state index contributed by atoms with van der Waals surface area (Å²) in [6.45, 7) is 0. The molecular formula is C4H2Br2O3. The molecule has 0 aliphatic heterocycles. The van der Waals surface area contributed by atoms with Crippen molar-refractivity contribution in [3.8, 4) is 0 Å². The minimum Gasteiger partial charge on any atom is -0.380 e. The van der Waals surface area contributed by atoms with Gasteiger partial charge in [-0.1, -0.05) is 0 Å². The summed E-state index contributed by atoms with van der Waals surface area (Å²) in [5, 5.41) is 0. The Kier molecular flexibility index (Phi) is 4.61. The largest absolute Gasteiger partial charge is 0.380 e. The molecule has 5 heteroatoms. The molecule has 0 aromatic carbocycles. The van der Waals surface area contributed by atoms with Crippen molar-refractivity contribution in [2.45, 2.75) is 0 Å². The summed E-state index contributed by atoms with van der Waals surface area (Å²) in [5.41, 5.74) is 0. The fraction of sp³-hybridized carbons (Fsp3) is 0. The van der Waals surface area contributed by atoms with Crippen LogP contribution in [0.4, 0.5) is 0 Å². The zero-order valence-corrected chi connectivity index (χ0v) is 7.31. The normalized spacial score (nSPS) is 10.7. The second-order valence-electron chi connectivity index (χ2n) is 1.02. The molecule has 0 spiro atoms. The van der Waals surface area contributed by atoms with Crippen LogP contribution < -0.4 is 0 Å². The molecule has 0 atom stereocenters. The zero-order chi connectivity index (χ0) is 7.28. The van der Waals surface area contributed by atoms with Gasteiger partial charge in [-0.25, -0.2) is 4.79 Å². The molecule has 9 heavy (non-hydrogen) atoms. The summed E-state index contributed by atoms with van der Waals surface area (Å²) in [5.74, 6) is -0.637. The summed E-state index contributed by atoms with van der Waals surface area (Å²) in [6.07, 6.45) is 1.53. The van der Waals surface area contributed by atoms with Crippen molar-refractivity contribution >= 4 is 44.4 Å². The zero-order valence-electron chi connectivity index (χ0n) is 4.14. The Balaban J connectivity index is 4.01. The van der Waals surface area contributed by atoms with E-state index in [-0.39, 0.29) is 4.48 Å². The maximum atomic E-state index is 10.4. The number of carbonyl (C=O) groups excluding carboxylic acids is 2. The Hall–Kier alpha value is -0.160. The average molecular weight is 258 g/mol. The van der Waals surface area contributed by atoms with E-state index in [4.69, 9.17) is 0 Å². The van der Waals surface area contributed by atoms with Gasteiger partial charge in [0.1, 0.15) is 10.8 Å². The van der Waals surface area contributed by atoms with E-state index in [1.165, 1.54) is 0 Å². The number of hydrogen-bond acceptors (Lipinski definition) is 3. The van der Waals surface area contributed by atoms with Gasteiger partial charge in [0.25, 0.3) is 0 Å². The number of aldehydes is 1. The lowest BCUT2D eigenvalue weighted by atomic mass is 10.5. The third kappa shape index (κ3) is 3.42. The highest BCUT2D eigenvalue weighted by molar-refractivity contribution is 9.12. The highest BCUT2D eigenvalue weighted by Crippen LogP contribution is 2.07. The summed E-state index contributed by atoms with van der Waals surface area (Å²) >= 11 is 5.24. The molecule has 0 fully saturated rings. The molecule has 0 saturated heterocycles. The van der Waals surface area contributed by atoms with E-state index in [0.717, 1.165) is 6.08 Å². The molecular weight excluding hydrogens is 256 g/mol. The maximum Gasteiger partial charge on any atom is 0.356 e. The molecule has 0 aromatic rings. The van der Waals surface area contributed by atoms with Gasteiger partial charge in [-0.05, 0) is 22.0 Å². The first-order chi connectivity index (χ1) is 4.22. The number of halogens is 2. The van der Waals surface area contributed by atoms with Crippen LogP contribution in [-0.2, 0) is 13.4 Å². The van der Waals surface area contributed by atoms with E-state index in [1.807, 2.05) is 0 Å². The second kappa shape index (κ2) is 4.69. The number of rotatable bonds is 2. The van der Waals surface area contributed by atoms with Crippen LogP contribution in [0.1, 0.15) is 0 Å². The van der Waals surface area contributed by atoms with E-state index < -0.39 is 5.97 Å². The van der Waals surface area contributed by atoms with Gasteiger partial charge in [0, 0.05) is 0 Å². The van der Waals surface area contributed by atoms with Gasteiger partial charge in [-0.3, -0.25) is 4.79 Å². The van der Waals surface area contributed by atoms with E-state index in [0.29, 0.717) is 6.29 Å². The minimum atomic E-state index is -0.637. The molecule has 50 valence electrons. The van der Waals surface area contributed by atoms with Gasteiger partial charge in [0.2, 0.25) is 0 Å². The molecule has 0 aliphatic carbocycles. The Morgan fingerprint density at radius 2 is 2.11 bits per heavy atom. The van der Waals surface area contributed by atoms with Gasteiger partial charge >= 0.3 is 5.97 Å². The lowest BCUT2D eigenvalue weighted by Crippen LogP contribution is -1.94. The molecule has 0 bridgehead atoms. The van der Waals surface area contributed by atoms with Gasteiger partial charge in [0.05, 0.1) is 0 Å². The van der Waals surface area contributed by atoms with Crippen molar-refractivity contribution < 1.29 is 13.4 Å². The third-order valence-corrected chi connectivity index (χ3v) is 1.36. The molecule has 0 saturated carbocycles. The van der Waals surface area contributed by atoms with Crippen LogP contribution in [0.5, 0.6) is 0 Å². The van der Waals surface area contributed by atoms with E-state index in [2.05, 4.69) is 36.0 Å². The molecule has 0 radical (unpaired) electrons. The average Bonchev–Trinajstić information content (AvgIpc) is 1.87. The molecule has 0 amide bonds. The first-order valence-electron chi connectivity index (χ1n) is 1.86. The van der Waals surface area contributed by atoms with Crippen LogP contribution in [-0.4, -0.2) is 12.3 Å². The topological polar surface area (TPSA) is 43.4 Å². The molecule has 0 aliphatic rings. The summed E-state index contributed by atoms with van der Waals surface area (Å²) in [7, 11) is 0. The Bertz CT molecular complexity index is 152. The van der Waals surface area contributed by atoms with Gasteiger partial charge in [0.15, 0.2) is 16.3 Å². The fourth-order valence-corrected chi connectivity index (χ4v) is 0.745. The van der Waals surface area contributed by atoms with Crippen molar-refractivity contribution in [1.29, 1.82) is 0 Å². The smallest absolute Gasteiger partial charge is 0.356 e. The molecule has 3 nitrogen and oxygen atoms in total. The Labute approximate surface area is 68.6 Å². The van der Waals surface area contributed by atoms with Crippen molar-refractivity contribution in [2.24, 2.45) is 0 Å². The third-order valence-electron chi connectivity index (χ3n) is 0.479. The van der Waals surface area contributed by atoms with Crippen LogP contribution in [0, 0.1) is 0 Å². The summed E-state index contributed by atoms with van der Waals surface area (Å²) < 4.78 is 4.14. The van der Waals surface area contributed by atoms with Crippen molar-refractivity contribution in [2.75, 3.05) is 0 Å². The summed E-state index contributed by atoms with van der Waals surface area (Å²) in [6, 6.07) is 0. The monoisotopic (exact) mass is 256 g/mol. The van der Waals surface area contributed by atoms with Crippen molar-refractivity contribution in [1.82, 2.24) is 0 Å². The number of allylic oxidation sites excluding steroid dienone is 1. The maximum absolute atomic E-state index is 10.4. The predicted molar refractivity (Wildman–Crippen MR) is 38.1 cm³/mol. The highest BCUT2D eigenvalue weighted by Gasteiger charge is 2.03. The predicted octanol–water partition coefficient (Wildman–Crippen LogP) is 1.32. The van der Waals surface area contributed by atoms with Crippen LogP contribution in [0.15, 0.2) is 10.6 Å². The SMILES string of the molecule is O=CC=C(Br)C(=O)OBr. The van der Waals surface area contributed by atoms with E-state index in [1.54, 1.807) is 0 Å². The molecule has 0 N–H and O–H groups in total. The van der Waals surface area contributed by atoms with E-state index in [9.17, 15) is 9.59 Å². The lowest BCUT2D eigenvalue weighted by molar-refractivity contribution is -0.127. The lowest BCUT2D eigenvalue weighted by Gasteiger charge is -1.88. The Morgan fingerprint density at radius 1 is 1.56 bits per heavy atom. The Morgan fingerprint density at radius 3 is 2.44 bits per heavy atom. The highest BCUT2D eigenvalue weighted by atomic mass is 79.9. The first kappa shape index (κ1) is 8.84. The number of carbonyl (C=O) groups is 2. The minimum absolute atomic E-state index is 0.0781. The van der Waals surface area contributed by atoms with Crippen LogP contribution in [0.2, 0.25) is 0 Å². The molecule has 0 aromatic heterocycles. The summed E-state index contributed by atoms with van der Waals surface area (Å²) in [4.78, 5) is 20.1. The molecule has 0 heterocycles. The van der Waals surface area contributed by atoms with E-state index >= 15 is 0 Å². The number of hydrogen-bond donors (Lipinski definition) is 0. The van der Waals surface area contributed by atoms with Crippen molar-refractivity contribution in [3.63, 3.8) is 0 Å². The quantitative estimate of drug-likeness (QED) is 0.554. The van der Waals surface area contributed by atoms with Gasteiger partial charge in [-0.15, -0.1) is 0 Å². The van der Waals surface area contributed by atoms with Crippen LogP contribution in [0.25, 0.3) is 0 Å². The van der Waals surface area contributed by atoms with Gasteiger partial charge in [-0.2, -0.15) is 0 Å². The second-order valence-corrected chi connectivity index (χ2v) is 2.19.